The molecule has 1 heterocycles. The number of aromatic nitrogens is 1. The zero-order valence-corrected chi connectivity index (χ0v) is 12.3. The Bertz CT molecular complexity index is 553. The number of para-hydroxylation sites is 1. The Morgan fingerprint density at radius 1 is 1.20 bits per heavy atom. The quantitative estimate of drug-likeness (QED) is 0.888. The van der Waals surface area contributed by atoms with Crippen molar-refractivity contribution in [3.8, 4) is 0 Å². The van der Waals surface area contributed by atoms with Crippen molar-refractivity contribution in [1.29, 1.82) is 0 Å². The molecule has 0 spiro atoms. The molecule has 1 aromatic carbocycles. The van der Waals surface area contributed by atoms with E-state index in [2.05, 4.69) is 47.6 Å². The summed E-state index contributed by atoms with van der Waals surface area (Å²) in [6.07, 6.45) is 8.67. The summed E-state index contributed by atoms with van der Waals surface area (Å²) < 4.78 is 0. The number of nitrogens with zero attached hydrogens (tertiary/aromatic N) is 1. The SMILES string of the molecule is CCNC(Cc1ccnc2ccccc12)C1CCCC1. The highest BCUT2D eigenvalue weighted by Gasteiger charge is 2.24. The van der Waals surface area contributed by atoms with Crippen LogP contribution < -0.4 is 5.32 Å². The molecular weight excluding hydrogens is 244 g/mol. The topological polar surface area (TPSA) is 24.9 Å². The molecule has 1 saturated carbocycles. The molecule has 3 rings (SSSR count). The zero-order valence-electron chi connectivity index (χ0n) is 12.3. The standard InChI is InChI=1S/C18H24N2/c1-2-19-18(14-7-3-4-8-14)13-15-11-12-20-17-10-6-5-9-16(15)17/h5-6,9-12,14,18-19H,2-4,7-8,13H2,1H3. The number of likely N-dealkylation sites (N-methyl/N-ethyl adjacent to an activating group) is 1. The van der Waals surface area contributed by atoms with Crippen LogP contribution in [0.15, 0.2) is 36.5 Å². The minimum atomic E-state index is 0.619. The van der Waals surface area contributed by atoms with Gasteiger partial charge in [0, 0.05) is 17.6 Å². The summed E-state index contributed by atoms with van der Waals surface area (Å²) in [4.78, 5) is 4.47. The van der Waals surface area contributed by atoms with E-state index in [-0.39, 0.29) is 0 Å². The summed E-state index contributed by atoms with van der Waals surface area (Å²) in [5.41, 5.74) is 2.56. The zero-order chi connectivity index (χ0) is 13.8. The van der Waals surface area contributed by atoms with Crippen molar-refractivity contribution in [1.82, 2.24) is 10.3 Å². The van der Waals surface area contributed by atoms with Crippen LogP contribution in [0.4, 0.5) is 0 Å². The van der Waals surface area contributed by atoms with Crippen LogP contribution >= 0.6 is 0 Å². The molecule has 1 unspecified atom stereocenters. The maximum Gasteiger partial charge on any atom is 0.0704 e. The second-order valence-corrected chi connectivity index (χ2v) is 5.90. The van der Waals surface area contributed by atoms with Crippen LogP contribution in [0, 0.1) is 5.92 Å². The van der Waals surface area contributed by atoms with Gasteiger partial charge in [0.2, 0.25) is 0 Å². The molecule has 20 heavy (non-hydrogen) atoms. The van der Waals surface area contributed by atoms with E-state index < -0.39 is 0 Å². The predicted octanol–water partition coefficient (Wildman–Crippen LogP) is 3.95. The predicted molar refractivity (Wildman–Crippen MR) is 84.9 cm³/mol. The van der Waals surface area contributed by atoms with Gasteiger partial charge in [-0.25, -0.2) is 0 Å². The van der Waals surface area contributed by atoms with Gasteiger partial charge in [0.1, 0.15) is 0 Å². The Balaban J connectivity index is 1.86. The van der Waals surface area contributed by atoms with E-state index in [1.165, 1.54) is 36.6 Å². The number of pyridine rings is 1. The fraction of sp³-hybridized carbons (Fsp3) is 0.500. The molecule has 1 aliphatic carbocycles. The van der Waals surface area contributed by atoms with E-state index in [1.54, 1.807) is 0 Å². The number of fused-ring (bicyclic) bond motifs is 1. The molecule has 1 aliphatic rings. The Morgan fingerprint density at radius 3 is 2.80 bits per heavy atom. The number of hydrogen-bond acceptors (Lipinski definition) is 2. The Labute approximate surface area is 121 Å². The van der Waals surface area contributed by atoms with Crippen molar-refractivity contribution in [3.63, 3.8) is 0 Å². The summed E-state index contributed by atoms with van der Waals surface area (Å²) in [6, 6.07) is 11.3. The second kappa shape index (κ2) is 6.36. The third-order valence-corrected chi connectivity index (χ3v) is 4.61. The Hall–Kier alpha value is -1.41. The maximum atomic E-state index is 4.47. The number of benzene rings is 1. The van der Waals surface area contributed by atoms with Gasteiger partial charge >= 0.3 is 0 Å². The van der Waals surface area contributed by atoms with E-state index in [1.807, 2.05) is 6.20 Å². The second-order valence-electron chi connectivity index (χ2n) is 5.90. The first-order chi connectivity index (χ1) is 9.88. The average molecular weight is 268 g/mol. The lowest BCUT2D eigenvalue weighted by Gasteiger charge is -2.25. The van der Waals surface area contributed by atoms with Crippen molar-refractivity contribution in [2.24, 2.45) is 5.92 Å². The molecule has 1 aromatic heterocycles. The van der Waals surface area contributed by atoms with Crippen LogP contribution in [0.3, 0.4) is 0 Å². The molecule has 2 nitrogen and oxygen atoms in total. The molecule has 0 aliphatic heterocycles. The fourth-order valence-corrected chi connectivity index (χ4v) is 3.60. The Morgan fingerprint density at radius 2 is 2.00 bits per heavy atom. The van der Waals surface area contributed by atoms with Crippen molar-refractivity contribution in [3.05, 3.63) is 42.1 Å². The van der Waals surface area contributed by atoms with Gasteiger partial charge in [0.05, 0.1) is 5.52 Å². The molecule has 0 bridgehead atoms. The summed E-state index contributed by atoms with van der Waals surface area (Å²) >= 11 is 0. The van der Waals surface area contributed by atoms with Crippen LogP contribution in [-0.2, 0) is 6.42 Å². The van der Waals surface area contributed by atoms with Crippen LogP contribution in [0.2, 0.25) is 0 Å². The van der Waals surface area contributed by atoms with Gasteiger partial charge < -0.3 is 5.32 Å². The van der Waals surface area contributed by atoms with Gasteiger partial charge in [0.15, 0.2) is 0 Å². The van der Waals surface area contributed by atoms with Crippen molar-refractivity contribution < 1.29 is 0 Å². The molecule has 1 N–H and O–H groups in total. The molecule has 1 fully saturated rings. The van der Waals surface area contributed by atoms with Crippen LogP contribution in [0.1, 0.15) is 38.2 Å². The lowest BCUT2D eigenvalue weighted by molar-refractivity contribution is 0.363. The van der Waals surface area contributed by atoms with Gasteiger partial charge in [-0.05, 0) is 49.4 Å². The molecular formula is C18H24N2. The first kappa shape index (κ1) is 13.6. The van der Waals surface area contributed by atoms with Crippen molar-refractivity contribution >= 4 is 10.9 Å². The lowest BCUT2D eigenvalue weighted by Crippen LogP contribution is -2.37. The minimum absolute atomic E-state index is 0.619. The maximum absolute atomic E-state index is 4.47. The number of rotatable bonds is 5. The smallest absolute Gasteiger partial charge is 0.0704 e. The molecule has 0 amide bonds. The largest absolute Gasteiger partial charge is 0.314 e. The molecule has 0 saturated heterocycles. The van der Waals surface area contributed by atoms with Crippen molar-refractivity contribution in [2.75, 3.05) is 6.54 Å². The van der Waals surface area contributed by atoms with E-state index >= 15 is 0 Å². The summed E-state index contributed by atoms with van der Waals surface area (Å²) in [5.74, 6) is 0.849. The third kappa shape index (κ3) is 2.85. The van der Waals surface area contributed by atoms with Crippen LogP contribution in [-0.4, -0.2) is 17.6 Å². The average Bonchev–Trinajstić information content (AvgIpc) is 3.01. The third-order valence-electron chi connectivity index (χ3n) is 4.61. The summed E-state index contributed by atoms with van der Waals surface area (Å²) in [7, 11) is 0. The van der Waals surface area contributed by atoms with E-state index in [9.17, 15) is 0 Å². The van der Waals surface area contributed by atoms with Gasteiger partial charge in [-0.1, -0.05) is 38.0 Å². The van der Waals surface area contributed by atoms with Gasteiger partial charge in [-0.2, -0.15) is 0 Å². The van der Waals surface area contributed by atoms with Gasteiger partial charge in [-0.3, -0.25) is 4.98 Å². The van der Waals surface area contributed by atoms with Gasteiger partial charge in [0.25, 0.3) is 0 Å². The molecule has 1 atom stereocenters. The highest BCUT2D eigenvalue weighted by molar-refractivity contribution is 5.81. The molecule has 106 valence electrons. The highest BCUT2D eigenvalue weighted by atomic mass is 14.9. The first-order valence-corrected chi connectivity index (χ1v) is 7.94. The fourth-order valence-electron chi connectivity index (χ4n) is 3.60. The van der Waals surface area contributed by atoms with E-state index in [0.29, 0.717) is 6.04 Å². The summed E-state index contributed by atoms with van der Waals surface area (Å²) in [6.45, 7) is 3.27. The molecule has 2 heteroatoms. The van der Waals surface area contributed by atoms with E-state index in [0.717, 1.165) is 24.4 Å². The van der Waals surface area contributed by atoms with Crippen LogP contribution in [0.5, 0.6) is 0 Å². The van der Waals surface area contributed by atoms with Gasteiger partial charge in [-0.15, -0.1) is 0 Å². The lowest BCUT2D eigenvalue weighted by atomic mass is 9.91. The number of nitrogens with one attached hydrogen (secondary N) is 1. The first-order valence-electron chi connectivity index (χ1n) is 7.94. The molecule has 0 radical (unpaired) electrons. The summed E-state index contributed by atoms with van der Waals surface area (Å²) in [5, 5.41) is 5.03. The highest BCUT2D eigenvalue weighted by Crippen LogP contribution is 2.30. The monoisotopic (exact) mass is 268 g/mol. The molecule has 2 aromatic rings. The number of hydrogen-bond donors (Lipinski definition) is 1. The normalized spacial score (nSPS) is 17.6. The van der Waals surface area contributed by atoms with Crippen molar-refractivity contribution in [2.45, 2.75) is 45.1 Å². The van der Waals surface area contributed by atoms with E-state index in [4.69, 9.17) is 0 Å². The Kier molecular flexibility index (Phi) is 4.31. The minimum Gasteiger partial charge on any atom is -0.314 e. The van der Waals surface area contributed by atoms with Crippen LogP contribution in [0.25, 0.3) is 10.9 Å².